The second-order valence-electron chi connectivity index (χ2n) is 6.22. The van der Waals surface area contributed by atoms with Crippen molar-refractivity contribution >= 4 is 40.9 Å². The molecule has 0 atom stereocenters. The minimum Gasteiger partial charge on any atom is -0.320 e. The highest BCUT2D eigenvalue weighted by atomic mass is 35.5. The van der Waals surface area contributed by atoms with Crippen LogP contribution in [0, 0.1) is 25.2 Å². The van der Waals surface area contributed by atoms with Gasteiger partial charge in [-0.3, -0.25) is 4.79 Å². The molecule has 0 bridgehead atoms. The number of hydrogen-bond acceptors (Lipinski definition) is 2. The third-order valence-corrected chi connectivity index (χ3v) is 5.17. The van der Waals surface area contributed by atoms with Crippen molar-refractivity contribution in [3.05, 3.63) is 87.2 Å². The molecule has 3 rings (SSSR count). The van der Waals surface area contributed by atoms with E-state index in [1.54, 1.807) is 24.3 Å². The first-order valence-electron chi connectivity index (χ1n) is 8.54. The van der Waals surface area contributed by atoms with Crippen LogP contribution in [0.4, 0.5) is 5.69 Å². The SMILES string of the molecule is Cc1cc(/C=C(\C#N)C(=O)Nc2cccc(Cl)c2Cl)c(C)n1-c1ccccc1. The Morgan fingerprint density at radius 2 is 1.82 bits per heavy atom. The second-order valence-corrected chi connectivity index (χ2v) is 7.01. The Morgan fingerprint density at radius 1 is 1.11 bits per heavy atom. The van der Waals surface area contributed by atoms with Crippen molar-refractivity contribution in [2.24, 2.45) is 0 Å². The number of nitrogens with one attached hydrogen (secondary N) is 1. The summed E-state index contributed by atoms with van der Waals surface area (Å²) in [6, 6.07) is 18.7. The van der Waals surface area contributed by atoms with E-state index in [1.165, 1.54) is 0 Å². The second kappa shape index (κ2) is 8.35. The van der Waals surface area contributed by atoms with E-state index in [9.17, 15) is 10.1 Å². The molecule has 0 spiro atoms. The number of halogens is 2. The zero-order chi connectivity index (χ0) is 20.3. The Bertz CT molecular complexity index is 1110. The molecule has 0 radical (unpaired) electrons. The topological polar surface area (TPSA) is 57.8 Å². The summed E-state index contributed by atoms with van der Waals surface area (Å²) >= 11 is 12.1. The lowest BCUT2D eigenvalue weighted by atomic mass is 10.1. The van der Waals surface area contributed by atoms with Gasteiger partial charge in [-0.2, -0.15) is 5.26 Å². The first kappa shape index (κ1) is 19.8. The molecular formula is C22H17Cl2N3O. The molecule has 0 aliphatic rings. The largest absolute Gasteiger partial charge is 0.320 e. The number of nitriles is 1. The number of nitrogens with zero attached hydrogens (tertiary/aromatic N) is 2. The molecule has 0 saturated carbocycles. The molecule has 3 aromatic rings. The summed E-state index contributed by atoms with van der Waals surface area (Å²) in [4.78, 5) is 12.6. The van der Waals surface area contributed by atoms with Crippen molar-refractivity contribution in [2.45, 2.75) is 13.8 Å². The zero-order valence-electron chi connectivity index (χ0n) is 15.3. The van der Waals surface area contributed by atoms with Crippen molar-refractivity contribution in [1.29, 1.82) is 5.26 Å². The van der Waals surface area contributed by atoms with Crippen LogP contribution in [-0.4, -0.2) is 10.5 Å². The molecule has 0 aliphatic heterocycles. The van der Waals surface area contributed by atoms with Gasteiger partial charge in [0.2, 0.25) is 0 Å². The molecule has 28 heavy (non-hydrogen) atoms. The van der Waals surface area contributed by atoms with Gasteiger partial charge in [-0.05, 0) is 55.8 Å². The summed E-state index contributed by atoms with van der Waals surface area (Å²) in [6.07, 6.45) is 1.58. The molecule has 0 unspecified atom stereocenters. The van der Waals surface area contributed by atoms with Gasteiger partial charge in [0.05, 0.1) is 15.7 Å². The van der Waals surface area contributed by atoms with Gasteiger partial charge in [0.1, 0.15) is 11.6 Å². The van der Waals surface area contributed by atoms with Gasteiger partial charge in [-0.25, -0.2) is 0 Å². The van der Waals surface area contributed by atoms with Gasteiger partial charge in [0.25, 0.3) is 5.91 Å². The summed E-state index contributed by atoms with van der Waals surface area (Å²) < 4.78 is 2.08. The van der Waals surface area contributed by atoms with Crippen LogP contribution < -0.4 is 5.32 Å². The fourth-order valence-corrected chi connectivity index (χ4v) is 3.35. The number of aromatic nitrogens is 1. The summed E-state index contributed by atoms with van der Waals surface area (Å²) in [7, 11) is 0. The summed E-state index contributed by atoms with van der Waals surface area (Å²) in [5.41, 5.74) is 4.09. The average molecular weight is 410 g/mol. The Labute approximate surface area is 173 Å². The Balaban J connectivity index is 1.94. The molecule has 1 heterocycles. The van der Waals surface area contributed by atoms with Crippen LogP contribution in [-0.2, 0) is 4.79 Å². The third kappa shape index (κ3) is 3.96. The summed E-state index contributed by atoms with van der Waals surface area (Å²) in [5.74, 6) is -0.545. The van der Waals surface area contributed by atoms with E-state index < -0.39 is 5.91 Å². The van der Waals surface area contributed by atoms with Crippen LogP contribution in [0.5, 0.6) is 0 Å². The lowest BCUT2D eigenvalue weighted by molar-refractivity contribution is -0.112. The summed E-state index contributed by atoms with van der Waals surface area (Å²) in [6.45, 7) is 3.93. The fraction of sp³-hybridized carbons (Fsp3) is 0.0909. The molecule has 0 saturated heterocycles. The first-order valence-corrected chi connectivity index (χ1v) is 9.29. The molecular weight excluding hydrogens is 393 g/mol. The number of hydrogen-bond donors (Lipinski definition) is 1. The zero-order valence-corrected chi connectivity index (χ0v) is 16.8. The van der Waals surface area contributed by atoms with Crippen molar-refractivity contribution < 1.29 is 4.79 Å². The normalized spacial score (nSPS) is 11.2. The van der Waals surface area contributed by atoms with Gasteiger partial charge in [-0.1, -0.05) is 47.5 Å². The van der Waals surface area contributed by atoms with Crippen LogP contribution in [0.15, 0.2) is 60.2 Å². The average Bonchev–Trinajstić information content (AvgIpc) is 2.97. The Hall–Kier alpha value is -3.00. The molecule has 2 aromatic carbocycles. The van der Waals surface area contributed by atoms with Gasteiger partial charge < -0.3 is 9.88 Å². The van der Waals surface area contributed by atoms with E-state index in [4.69, 9.17) is 23.2 Å². The molecule has 6 heteroatoms. The van der Waals surface area contributed by atoms with Gasteiger partial charge in [0, 0.05) is 17.1 Å². The molecule has 0 aliphatic carbocycles. The standard InChI is InChI=1S/C22H17Cl2N3O/c1-14-11-16(15(2)27(14)18-7-4-3-5-8-18)12-17(13-25)22(28)26-20-10-6-9-19(23)21(20)24/h3-12H,1-2H3,(H,26,28)/b17-12+. The lowest BCUT2D eigenvalue weighted by Gasteiger charge is -2.09. The number of anilines is 1. The maximum atomic E-state index is 12.6. The Morgan fingerprint density at radius 3 is 2.50 bits per heavy atom. The van der Waals surface area contributed by atoms with Crippen LogP contribution >= 0.6 is 23.2 Å². The van der Waals surface area contributed by atoms with Crippen molar-refractivity contribution in [2.75, 3.05) is 5.32 Å². The number of carbonyl (C=O) groups is 1. The minimum atomic E-state index is -0.545. The smallest absolute Gasteiger partial charge is 0.266 e. The quantitative estimate of drug-likeness (QED) is 0.427. The predicted molar refractivity (Wildman–Crippen MR) is 114 cm³/mol. The maximum Gasteiger partial charge on any atom is 0.266 e. The minimum absolute atomic E-state index is 0.0237. The molecule has 1 N–H and O–H groups in total. The van der Waals surface area contributed by atoms with Crippen molar-refractivity contribution in [1.82, 2.24) is 4.57 Å². The predicted octanol–water partition coefficient (Wildman–Crippen LogP) is 5.95. The van der Waals surface area contributed by atoms with Crippen LogP contribution in [0.25, 0.3) is 11.8 Å². The highest BCUT2D eigenvalue weighted by molar-refractivity contribution is 6.44. The van der Waals surface area contributed by atoms with Crippen molar-refractivity contribution in [3.8, 4) is 11.8 Å². The van der Waals surface area contributed by atoms with Crippen LogP contribution in [0.1, 0.15) is 17.0 Å². The molecule has 1 amide bonds. The third-order valence-electron chi connectivity index (χ3n) is 4.35. The molecule has 1 aromatic heterocycles. The number of para-hydroxylation sites is 1. The monoisotopic (exact) mass is 409 g/mol. The van der Waals surface area contributed by atoms with Crippen LogP contribution in [0.2, 0.25) is 10.0 Å². The van der Waals surface area contributed by atoms with Gasteiger partial charge >= 0.3 is 0 Å². The number of carbonyl (C=O) groups excluding carboxylic acids is 1. The van der Waals surface area contributed by atoms with E-state index in [2.05, 4.69) is 9.88 Å². The molecule has 4 nitrogen and oxygen atoms in total. The first-order chi connectivity index (χ1) is 13.4. The van der Waals surface area contributed by atoms with Crippen LogP contribution in [0.3, 0.4) is 0 Å². The van der Waals surface area contributed by atoms with Gasteiger partial charge in [0.15, 0.2) is 0 Å². The van der Waals surface area contributed by atoms with E-state index in [-0.39, 0.29) is 10.6 Å². The number of rotatable bonds is 4. The van der Waals surface area contributed by atoms with E-state index in [0.29, 0.717) is 10.7 Å². The number of amides is 1. The highest BCUT2D eigenvalue weighted by Crippen LogP contribution is 2.30. The van der Waals surface area contributed by atoms with Crippen molar-refractivity contribution in [3.63, 3.8) is 0 Å². The number of benzene rings is 2. The molecule has 0 fully saturated rings. The highest BCUT2D eigenvalue weighted by Gasteiger charge is 2.15. The summed E-state index contributed by atoms with van der Waals surface area (Å²) in [5, 5.41) is 12.7. The number of aryl methyl sites for hydroxylation is 1. The fourth-order valence-electron chi connectivity index (χ4n) is 3.00. The van der Waals surface area contributed by atoms with E-state index >= 15 is 0 Å². The Kier molecular flexibility index (Phi) is 5.89. The lowest BCUT2D eigenvalue weighted by Crippen LogP contribution is -2.13. The molecule has 140 valence electrons. The van der Waals surface area contributed by atoms with Gasteiger partial charge in [-0.15, -0.1) is 0 Å². The maximum absolute atomic E-state index is 12.6. The van der Waals surface area contributed by atoms with E-state index in [1.807, 2.05) is 56.3 Å². The van der Waals surface area contributed by atoms with E-state index in [0.717, 1.165) is 22.6 Å².